The number of alkyl halides is 54. The van der Waals surface area contributed by atoms with Gasteiger partial charge in [-0.05, 0) is 25.2 Å². The lowest BCUT2D eigenvalue weighted by Crippen LogP contribution is -2.71. The van der Waals surface area contributed by atoms with E-state index >= 15 is 0 Å². The van der Waals surface area contributed by atoms with E-state index in [-0.39, 0.29) is 0 Å². The van der Waals surface area contributed by atoms with Crippen LogP contribution in [-0.4, -0.2) is 245 Å². The maximum atomic E-state index is 14.9. The van der Waals surface area contributed by atoms with Crippen LogP contribution in [0, 0.1) is 5.92 Å². The van der Waals surface area contributed by atoms with Gasteiger partial charge in [-0.15, -0.1) is 44.9 Å². The van der Waals surface area contributed by atoms with E-state index in [0.717, 1.165) is 0 Å². The summed E-state index contributed by atoms with van der Waals surface area (Å²) in [5.41, 5.74) is -10.4. The van der Waals surface area contributed by atoms with Gasteiger partial charge in [0.05, 0.1) is 0 Å². The van der Waals surface area contributed by atoms with Gasteiger partial charge in [-0.1, -0.05) is 0 Å². The van der Waals surface area contributed by atoms with Crippen LogP contribution in [-0.2, 0) is 0 Å². The molecule has 0 aliphatic heterocycles. The fourth-order valence-corrected chi connectivity index (χ4v) is 10.5. The third-order valence-electron chi connectivity index (χ3n) is 16.1. The van der Waals surface area contributed by atoms with Crippen molar-refractivity contribution in [2.24, 2.45) is 5.92 Å². The van der Waals surface area contributed by atoms with Crippen molar-refractivity contribution >= 4 is 0 Å². The van der Waals surface area contributed by atoms with Gasteiger partial charge in [-0.3, -0.25) is 0 Å². The number of aromatic nitrogens is 9. The second kappa shape index (κ2) is 29.8. The van der Waals surface area contributed by atoms with Crippen molar-refractivity contribution in [2.45, 2.75) is 199 Å². The normalized spacial score (nSPS) is 20.8. The van der Waals surface area contributed by atoms with E-state index in [2.05, 4.69) is 73.3 Å². The van der Waals surface area contributed by atoms with Gasteiger partial charge in [0.25, 0.3) is 0 Å². The van der Waals surface area contributed by atoms with Crippen LogP contribution in [0.15, 0.2) is 0 Å². The topological polar surface area (TPSA) is 199 Å². The summed E-state index contributed by atoms with van der Waals surface area (Å²) >= 11 is 0. The molecule has 0 aromatic carbocycles. The summed E-state index contributed by atoms with van der Waals surface area (Å²) in [6.07, 6.45) is -56.5. The van der Waals surface area contributed by atoms with E-state index in [0.29, 0.717) is 0 Å². The summed E-state index contributed by atoms with van der Waals surface area (Å²) in [6.45, 7) is -23.4. The molecular formula is C49H25F54N9O9. The first-order valence-electron chi connectivity index (χ1n) is 29.4. The Balaban J connectivity index is 1.66. The molecule has 3 aromatic heterocycles. The van der Waals surface area contributed by atoms with Crippen LogP contribution in [0.25, 0.3) is 0 Å². The molecule has 4 aliphatic rings. The quantitative estimate of drug-likeness (QED) is 0.0497. The smallest absolute Gasteiger partial charge is 0.457 e. The summed E-state index contributed by atoms with van der Waals surface area (Å²) < 4.78 is 790. The maximum Gasteiger partial charge on any atom is 0.460 e. The molecule has 0 spiro atoms. The van der Waals surface area contributed by atoms with Crippen LogP contribution < -0.4 is 42.6 Å². The molecule has 0 unspecified atom stereocenters. The second-order valence-electron chi connectivity index (χ2n) is 25.3. The zero-order valence-electron chi connectivity index (χ0n) is 55.2. The van der Waals surface area contributed by atoms with E-state index < -0.39 is 299 Å². The number of nitrogens with zero attached hydrogens (tertiary/aromatic N) is 9. The monoisotopic (exact) mass is 1910 g/mol. The highest BCUT2D eigenvalue weighted by Crippen LogP contribution is 2.65. The van der Waals surface area contributed by atoms with E-state index in [4.69, 9.17) is 14.2 Å². The van der Waals surface area contributed by atoms with Crippen molar-refractivity contribution < 1.29 is 280 Å². The molecule has 4 aliphatic carbocycles. The Morgan fingerprint density at radius 2 is 0.298 bits per heavy atom. The highest BCUT2D eigenvalue weighted by molar-refractivity contribution is 5.25. The Morgan fingerprint density at radius 3 is 0.413 bits per heavy atom. The minimum Gasteiger partial charge on any atom is -0.457 e. The number of hydrogen-bond acceptors (Lipinski definition) is 18. The largest absolute Gasteiger partial charge is 0.460 e. The molecule has 0 atom stereocenters. The predicted molar refractivity (Wildman–Crippen MR) is 259 cm³/mol. The summed E-state index contributed by atoms with van der Waals surface area (Å²) in [5.74, 6) is -140. The molecule has 4 saturated carbocycles. The van der Waals surface area contributed by atoms with Crippen molar-refractivity contribution in [3.63, 3.8) is 0 Å². The van der Waals surface area contributed by atoms with Gasteiger partial charge in [-0.25, -0.2) is 0 Å². The highest BCUT2D eigenvalue weighted by Gasteiger charge is 2.88. The lowest BCUT2D eigenvalue weighted by Gasteiger charge is -2.63. The zero-order chi connectivity index (χ0) is 94.5. The van der Waals surface area contributed by atoms with E-state index in [1.807, 2.05) is 0 Å². The first-order valence-corrected chi connectivity index (χ1v) is 29.4. The average Bonchev–Trinajstić information content (AvgIpc) is 0.698. The number of rotatable bonds is 36. The maximum absolute atomic E-state index is 14.9. The van der Waals surface area contributed by atoms with Crippen molar-refractivity contribution in [3.8, 4) is 54.1 Å². The van der Waals surface area contributed by atoms with Crippen LogP contribution >= 0.6 is 0 Å². The molecule has 3 aromatic rings. The highest BCUT2D eigenvalue weighted by atomic mass is 19.5. The Hall–Kier alpha value is -8.55. The lowest BCUT2D eigenvalue weighted by molar-refractivity contribution is -0.398. The van der Waals surface area contributed by atoms with Gasteiger partial charge in [0, 0.05) is 19.3 Å². The zero-order valence-corrected chi connectivity index (χ0v) is 55.2. The van der Waals surface area contributed by atoms with Crippen LogP contribution in [0.2, 0.25) is 0 Å². The molecular weight excluding hydrogens is 1880 g/mol. The third kappa shape index (κ3) is 17.9. The minimum atomic E-state index is -7.98. The number of ether oxygens (including phenoxy) is 9. The lowest BCUT2D eigenvalue weighted by atomic mass is 9.50. The molecule has 3 heterocycles. The van der Waals surface area contributed by atoms with Crippen molar-refractivity contribution in [2.75, 3.05) is 39.6 Å². The molecule has 698 valence electrons. The fraction of sp³-hybridized carbons (Fsp3) is 0.816. The molecule has 121 heavy (non-hydrogen) atoms. The summed E-state index contributed by atoms with van der Waals surface area (Å²) in [5, 5.41) is 0. The van der Waals surface area contributed by atoms with Crippen LogP contribution in [0.3, 0.4) is 0 Å². The Labute approximate surface area is 623 Å². The van der Waals surface area contributed by atoms with Crippen LogP contribution in [0.1, 0.15) is 38.5 Å². The Kier molecular flexibility index (Phi) is 25.0. The third-order valence-corrected chi connectivity index (χ3v) is 16.1. The van der Waals surface area contributed by atoms with Crippen molar-refractivity contribution in [3.05, 3.63) is 0 Å². The first kappa shape index (κ1) is 101. The summed E-state index contributed by atoms with van der Waals surface area (Å²) in [7, 11) is 0. The van der Waals surface area contributed by atoms with Gasteiger partial charge < -0.3 is 42.6 Å². The van der Waals surface area contributed by atoms with Gasteiger partial charge >= 0.3 is 198 Å². The molecule has 0 saturated heterocycles. The summed E-state index contributed by atoms with van der Waals surface area (Å²) in [4.78, 5) is 23.5. The van der Waals surface area contributed by atoms with Gasteiger partial charge in [0.2, 0.25) is 0 Å². The van der Waals surface area contributed by atoms with Gasteiger partial charge in [0.1, 0.15) is 16.8 Å². The standard InChI is InChI=1S/C49H25F54N9O9/c50-26(51,32(62,63)38(74,75)44(86,87)88)7-113-14-104-15(114-8-27(52,53)33(64,65)39(76,77)45(89,90)91)108-20(107-14)119-23-1-13-2-24(4-23,120-21-109-16(115-9-28(54,55)34(66,67)40(78,79)46(92,93)94)105-17(110-21)116-10-29(56,57)35(68,69)41(80,81)47(95,96)97)6-25(3-13,5-23)121-22-111-18(117-11-30(58,59)36(70,71)42(82,83)48(98,99)100)106-19(112-22)118-12-31(60,61)37(72,73)43(84,85)49(101,102)103/h13H,1-12H2. The molecule has 18 nitrogen and oxygen atoms in total. The molecule has 0 radical (unpaired) electrons. The molecule has 0 N–H and O–H groups in total. The molecule has 4 bridgehead atoms. The molecule has 7 rings (SSSR count). The molecule has 72 heteroatoms. The molecule has 0 amide bonds. The fourth-order valence-electron chi connectivity index (χ4n) is 10.5. The first-order chi connectivity index (χ1) is 53.1. The Bertz CT molecular complexity index is 3550. The number of halogens is 54. The summed E-state index contributed by atoms with van der Waals surface area (Å²) in [6, 6.07) is -24.2. The average molecular weight is 1910 g/mol. The van der Waals surface area contributed by atoms with Gasteiger partial charge in [-0.2, -0.15) is 237 Å². The molecule has 4 fully saturated rings. The van der Waals surface area contributed by atoms with Crippen LogP contribution in [0.5, 0.6) is 54.1 Å². The number of hydrogen-bond donors (Lipinski definition) is 0. The predicted octanol–water partition coefficient (Wildman–Crippen LogP) is 18.1. The van der Waals surface area contributed by atoms with E-state index in [1.165, 1.54) is 0 Å². The Morgan fingerprint density at radius 1 is 0.182 bits per heavy atom. The van der Waals surface area contributed by atoms with Gasteiger partial charge in [0.15, 0.2) is 39.6 Å². The van der Waals surface area contributed by atoms with Crippen molar-refractivity contribution in [1.82, 2.24) is 44.9 Å². The van der Waals surface area contributed by atoms with E-state index in [9.17, 15) is 237 Å². The second-order valence-corrected chi connectivity index (χ2v) is 25.3. The van der Waals surface area contributed by atoms with E-state index in [1.54, 1.807) is 0 Å². The minimum absolute atomic E-state index is 1.40. The SMILES string of the molecule is FC(F)(F)C(F)(F)C(F)(F)C(F)(F)COc1nc(OCC(F)(F)C(F)(F)C(F)(F)C(F)(F)F)nc(OC23CC4CC(Oc5nc(OCC(F)(F)C(F)(F)C(F)(F)C(F)(F)F)nc(OCC(F)(F)C(F)(F)C(F)(F)C(F)(F)F)n5)(C2)CC(Oc2nc(OCC(F)(F)C(F)(F)C(F)(F)C(F)(F)F)nc(OCC(F)(F)C(F)(F)C(F)(F)C(F)(F)F)n2)(C4)C3)n1. The van der Waals surface area contributed by atoms with Crippen LogP contribution in [0.4, 0.5) is 237 Å². The van der Waals surface area contributed by atoms with Crippen molar-refractivity contribution in [1.29, 1.82) is 0 Å².